The smallest absolute Gasteiger partial charge is 0.280 e. The van der Waals surface area contributed by atoms with Crippen LogP contribution in [0, 0.1) is 0 Å². The molecule has 7 heteroatoms. The summed E-state index contributed by atoms with van der Waals surface area (Å²) in [6, 6.07) is 11.6. The van der Waals surface area contributed by atoms with Gasteiger partial charge in [-0.05, 0) is 42.5 Å². The molecule has 0 saturated carbocycles. The van der Waals surface area contributed by atoms with Crippen molar-refractivity contribution < 1.29 is 9.84 Å². The first-order valence-corrected chi connectivity index (χ1v) is 7.06. The third-order valence-electron chi connectivity index (χ3n) is 3.26. The number of H-pyrrole nitrogens is 1. The van der Waals surface area contributed by atoms with E-state index in [1.54, 1.807) is 49.6 Å². The number of aromatic nitrogens is 1. The lowest BCUT2D eigenvalue weighted by molar-refractivity contribution is 0.415. The van der Waals surface area contributed by atoms with E-state index >= 15 is 0 Å². The van der Waals surface area contributed by atoms with Crippen molar-refractivity contribution in [3.05, 3.63) is 57.8 Å². The summed E-state index contributed by atoms with van der Waals surface area (Å²) in [6.07, 6.45) is 0. The topological polar surface area (TPSA) is 87.0 Å². The van der Waals surface area contributed by atoms with Gasteiger partial charge in [-0.25, -0.2) is 0 Å². The van der Waals surface area contributed by atoms with Crippen LogP contribution in [0.15, 0.2) is 57.5 Å². The maximum absolute atomic E-state index is 12.1. The zero-order chi connectivity index (χ0) is 16.4. The van der Waals surface area contributed by atoms with E-state index in [0.717, 1.165) is 0 Å². The van der Waals surface area contributed by atoms with Gasteiger partial charge < -0.3 is 14.8 Å². The number of benzene rings is 2. The molecule has 1 aromatic heterocycles. The van der Waals surface area contributed by atoms with Gasteiger partial charge in [-0.1, -0.05) is 11.6 Å². The molecule has 0 aliphatic rings. The van der Waals surface area contributed by atoms with Crippen molar-refractivity contribution in [2.75, 3.05) is 7.11 Å². The second-order valence-electron chi connectivity index (χ2n) is 4.74. The number of nitrogens with one attached hydrogen (secondary N) is 1. The molecule has 1 heterocycles. The van der Waals surface area contributed by atoms with Gasteiger partial charge >= 0.3 is 0 Å². The van der Waals surface area contributed by atoms with Crippen molar-refractivity contribution in [2.24, 2.45) is 10.2 Å². The predicted molar refractivity (Wildman–Crippen MR) is 88.4 cm³/mol. The van der Waals surface area contributed by atoms with Gasteiger partial charge in [0.1, 0.15) is 5.75 Å². The first-order chi connectivity index (χ1) is 11.1. The number of nitrogens with zero attached hydrogens (tertiary/aromatic N) is 2. The van der Waals surface area contributed by atoms with Crippen LogP contribution in [-0.2, 0) is 0 Å². The molecule has 6 nitrogen and oxygen atoms in total. The van der Waals surface area contributed by atoms with E-state index in [-0.39, 0.29) is 11.4 Å². The fraction of sp³-hybridized carbons (Fsp3) is 0.0625. The van der Waals surface area contributed by atoms with Gasteiger partial charge in [-0.2, -0.15) is 5.11 Å². The fourth-order valence-electron chi connectivity index (χ4n) is 2.09. The number of hydrogen-bond acceptors (Lipinski definition) is 5. The average molecular weight is 330 g/mol. The maximum Gasteiger partial charge on any atom is 0.280 e. The van der Waals surface area contributed by atoms with E-state index in [1.807, 2.05) is 0 Å². The van der Waals surface area contributed by atoms with Gasteiger partial charge in [0.2, 0.25) is 0 Å². The number of aromatic hydroxyl groups is 1. The van der Waals surface area contributed by atoms with Crippen LogP contribution < -0.4 is 10.3 Å². The minimum Gasteiger partial charge on any atom is -0.505 e. The van der Waals surface area contributed by atoms with Crippen LogP contribution in [0.4, 0.5) is 11.4 Å². The molecule has 0 amide bonds. The first-order valence-electron chi connectivity index (χ1n) is 6.69. The summed E-state index contributed by atoms with van der Waals surface area (Å²) in [7, 11) is 1.56. The second kappa shape index (κ2) is 6.10. The molecule has 0 atom stereocenters. The standard InChI is InChI=1S/C16H12ClN3O3/c1-23-11-5-3-10(4-6-11)19-20-14-15(21)12-7-2-9(17)8-13(12)18-16(14)22/h2-8H,1H3,(H2,18,21,22). The van der Waals surface area contributed by atoms with Crippen LogP contribution in [0.3, 0.4) is 0 Å². The predicted octanol–water partition coefficient (Wildman–Crippen LogP) is 4.31. The molecule has 0 fully saturated rings. The molecule has 0 aliphatic carbocycles. The number of ether oxygens (including phenoxy) is 1. The van der Waals surface area contributed by atoms with Gasteiger partial charge in [-0.3, -0.25) is 4.79 Å². The van der Waals surface area contributed by atoms with Gasteiger partial charge in [0.05, 0.1) is 18.3 Å². The molecular formula is C16H12ClN3O3. The van der Waals surface area contributed by atoms with E-state index in [0.29, 0.717) is 27.4 Å². The molecule has 0 bridgehead atoms. The number of methoxy groups -OCH3 is 1. The van der Waals surface area contributed by atoms with Crippen molar-refractivity contribution in [3.63, 3.8) is 0 Å². The molecule has 2 N–H and O–H groups in total. The molecule has 116 valence electrons. The summed E-state index contributed by atoms with van der Waals surface area (Å²) in [4.78, 5) is 14.7. The zero-order valence-electron chi connectivity index (χ0n) is 12.1. The number of halogens is 1. The molecule has 2 aromatic carbocycles. The van der Waals surface area contributed by atoms with E-state index in [9.17, 15) is 9.90 Å². The SMILES string of the molecule is COc1ccc(N=Nc2c(O)c3ccc(Cl)cc3[nH]c2=O)cc1. The van der Waals surface area contributed by atoms with Crippen LogP contribution >= 0.6 is 11.6 Å². The molecule has 23 heavy (non-hydrogen) atoms. The van der Waals surface area contributed by atoms with Crippen molar-refractivity contribution in [1.29, 1.82) is 0 Å². The number of fused-ring (bicyclic) bond motifs is 1. The van der Waals surface area contributed by atoms with Gasteiger partial charge in [0.25, 0.3) is 5.56 Å². The third kappa shape index (κ3) is 3.02. The zero-order valence-corrected chi connectivity index (χ0v) is 12.8. The summed E-state index contributed by atoms with van der Waals surface area (Å²) in [6.45, 7) is 0. The molecular weight excluding hydrogens is 318 g/mol. The summed E-state index contributed by atoms with van der Waals surface area (Å²) < 4.78 is 5.05. The normalized spacial score (nSPS) is 11.2. The number of hydrogen-bond donors (Lipinski definition) is 2. The lowest BCUT2D eigenvalue weighted by atomic mass is 10.2. The monoisotopic (exact) mass is 329 g/mol. The number of pyridine rings is 1. The van der Waals surface area contributed by atoms with Gasteiger partial charge in [-0.15, -0.1) is 5.11 Å². The number of rotatable bonds is 3. The summed E-state index contributed by atoms with van der Waals surface area (Å²) in [5.41, 5.74) is 0.259. The molecule has 3 rings (SSSR count). The van der Waals surface area contributed by atoms with E-state index in [4.69, 9.17) is 16.3 Å². The lowest BCUT2D eigenvalue weighted by Gasteiger charge is -2.03. The van der Waals surface area contributed by atoms with Crippen LogP contribution in [0.5, 0.6) is 11.5 Å². The highest BCUT2D eigenvalue weighted by atomic mass is 35.5. The highest BCUT2D eigenvalue weighted by Gasteiger charge is 2.11. The molecule has 0 radical (unpaired) electrons. The van der Waals surface area contributed by atoms with Gasteiger partial charge in [0.15, 0.2) is 11.4 Å². The fourth-order valence-corrected chi connectivity index (χ4v) is 2.26. The Hall–Kier alpha value is -2.86. The Kier molecular flexibility index (Phi) is 3.99. The van der Waals surface area contributed by atoms with Crippen LogP contribution in [-0.4, -0.2) is 17.2 Å². The number of azo groups is 1. The van der Waals surface area contributed by atoms with Crippen molar-refractivity contribution in [1.82, 2.24) is 4.98 Å². The average Bonchev–Trinajstić information content (AvgIpc) is 2.55. The minimum absolute atomic E-state index is 0.157. The maximum atomic E-state index is 12.1. The Morgan fingerprint density at radius 3 is 2.57 bits per heavy atom. The first kappa shape index (κ1) is 15.1. The molecule has 0 saturated heterocycles. The van der Waals surface area contributed by atoms with E-state index in [2.05, 4.69) is 15.2 Å². The molecule has 0 unspecified atom stereocenters. The Balaban J connectivity index is 2.03. The quantitative estimate of drug-likeness (QED) is 0.702. The second-order valence-corrected chi connectivity index (χ2v) is 5.18. The lowest BCUT2D eigenvalue weighted by Crippen LogP contribution is -2.05. The van der Waals surface area contributed by atoms with Crippen LogP contribution in [0.25, 0.3) is 10.9 Å². The summed E-state index contributed by atoms with van der Waals surface area (Å²) >= 11 is 5.87. The Morgan fingerprint density at radius 1 is 1.13 bits per heavy atom. The Labute approximate surface area is 136 Å². The largest absolute Gasteiger partial charge is 0.505 e. The van der Waals surface area contributed by atoms with Gasteiger partial charge in [0, 0.05) is 10.4 Å². The van der Waals surface area contributed by atoms with Crippen molar-refractivity contribution >= 4 is 33.9 Å². The molecule has 0 spiro atoms. The van der Waals surface area contributed by atoms with E-state index in [1.165, 1.54) is 0 Å². The van der Waals surface area contributed by atoms with Crippen molar-refractivity contribution in [3.8, 4) is 11.5 Å². The van der Waals surface area contributed by atoms with E-state index < -0.39 is 5.56 Å². The summed E-state index contributed by atoms with van der Waals surface area (Å²) in [5.74, 6) is 0.449. The van der Waals surface area contributed by atoms with Crippen LogP contribution in [0.1, 0.15) is 0 Å². The third-order valence-corrected chi connectivity index (χ3v) is 3.50. The van der Waals surface area contributed by atoms with Crippen molar-refractivity contribution in [2.45, 2.75) is 0 Å². The van der Waals surface area contributed by atoms with Crippen LogP contribution in [0.2, 0.25) is 5.02 Å². The Bertz CT molecular complexity index is 949. The number of aromatic amines is 1. The summed E-state index contributed by atoms with van der Waals surface area (Å²) in [5, 5.41) is 19.0. The highest BCUT2D eigenvalue weighted by molar-refractivity contribution is 6.31. The minimum atomic E-state index is -0.547. The highest BCUT2D eigenvalue weighted by Crippen LogP contribution is 2.32. The molecule has 3 aromatic rings. The molecule has 0 aliphatic heterocycles. The Morgan fingerprint density at radius 2 is 1.87 bits per heavy atom.